The highest BCUT2D eigenvalue weighted by molar-refractivity contribution is 7.90. The number of hydrogen-bond acceptors (Lipinski definition) is 6. The van der Waals surface area contributed by atoms with Gasteiger partial charge >= 0.3 is 0 Å². The Hall–Kier alpha value is -1.91. The van der Waals surface area contributed by atoms with Crippen LogP contribution in [0.3, 0.4) is 0 Å². The van der Waals surface area contributed by atoms with Crippen molar-refractivity contribution in [2.75, 3.05) is 32.8 Å². The number of Topliss-reactive ketones (excluding diaryl/α,β-unsaturated/α-hetero) is 1. The first-order valence-corrected chi connectivity index (χ1v) is 15.3. The molecule has 0 radical (unpaired) electrons. The van der Waals surface area contributed by atoms with Gasteiger partial charge in [0.2, 0.25) is 10.0 Å². The second-order valence-electron chi connectivity index (χ2n) is 10.8. The fourth-order valence-corrected chi connectivity index (χ4v) is 8.09. The van der Waals surface area contributed by atoms with Gasteiger partial charge in [-0.15, -0.1) is 0 Å². The Bertz CT molecular complexity index is 1250. The average molecular weight is 564 g/mol. The Morgan fingerprint density at radius 1 is 1.18 bits per heavy atom. The molecular weight excluding hydrogens is 529 g/mol. The maximum atomic E-state index is 15.0. The number of nitrogens with one attached hydrogen (secondary N) is 1. The predicted octanol–water partition coefficient (Wildman–Crippen LogP) is 3.82. The smallest absolute Gasteiger partial charge is 0.217 e. The van der Waals surface area contributed by atoms with Crippen molar-refractivity contribution in [3.05, 3.63) is 64.2 Å². The van der Waals surface area contributed by atoms with Crippen molar-refractivity contribution in [2.24, 2.45) is 0 Å². The number of aromatic nitrogens is 1. The third-order valence-corrected chi connectivity index (χ3v) is 10.9. The van der Waals surface area contributed by atoms with Crippen LogP contribution in [0, 0.1) is 5.82 Å². The number of halogens is 2. The van der Waals surface area contributed by atoms with Crippen LogP contribution >= 0.6 is 11.6 Å². The fraction of sp³-hybridized carbons (Fsp3) is 0.571. The number of carbonyl (C=O) groups is 1. The maximum absolute atomic E-state index is 15.0. The van der Waals surface area contributed by atoms with Crippen LogP contribution in [0.25, 0.3) is 0 Å². The Labute approximate surface area is 229 Å². The van der Waals surface area contributed by atoms with Gasteiger partial charge in [0, 0.05) is 68.4 Å². The predicted molar refractivity (Wildman–Crippen MR) is 144 cm³/mol. The molecular formula is C28H35ClFN3O4S. The molecule has 2 aliphatic heterocycles. The van der Waals surface area contributed by atoms with E-state index in [1.165, 1.54) is 6.20 Å². The van der Waals surface area contributed by atoms with Crippen LogP contribution in [0.4, 0.5) is 4.39 Å². The fourth-order valence-electron chi connectivity index (χ4n) is 5.91. The number of ketones is 1. The number of pyridine rings is 1. The third-order valence-electron chi connectivity index (χ3n) is 8.22. The summed E-state index contributed by atoms with van der Waals surface area (Å²) in [6.45, 7) is 2.76. The van der Waals surface area contributed by atoms with Crippen molar-refractivity contribution < 1.29 is 22.3 Å². The highest BCUT2D eigenvalue weighted by atomic mass is 35.5. The molecule has 3 fully saturated rings. The lowest BCUT2D eigenvalue weighted by Crippen LogP contribution is -2.54. The highest BCUT2D eigenvalue weighted by Crippen LogP contribution is 2.39. The van der Waals surface area contributed by atoms with E-state index in [-0.39, 0.29) is 28.9 Å². The summed E-state index contributed by atoms with van der Waals surface area (Å²) < 4.78 is 48.1. The van der Waals surface area contributed by atoms with Gasteiger partial charge in [-0.05, 0) is 67.3 Å². The van der Waals surface area contributed by atoms with Gasteiger partial charge in [0.15, 0.2) is 0 Å². The molecule has 5 rings (SSSR count). The largest absolute Gasteiger partial charge is 0.381 e. The second-order valence-corrected chi connectivity index (χ2v) is 13.4. The number of nitrogens with zero attached hydrogens (tertiary/aromatic N) is 2. The van der Waals surface area contributed by atoms with E-state index >= 15 is 4.39 Å². The lowest BCUT2D eigenvalue weighted by atomic mass is 9.70. The van der Waals surface area contributed by atoms with Crippen LogP contribution < -0.4 is 5.32 Å². The average Bonchev–Trinajstić information content (AvgIpc) is 3.76. The topological polar surface area (TPSA) is 88.6 Å². The van der Waals surface area contributed by atoms with Crippen molar-refractivity contribution in [1.82, 2.24) is 14.6 Å². The van der Waals surface area contributed by atoms with Crippen molar-refractivity contribution in [2.45, 2.75) is 68.1 Å². The van der Waals surface area contributed by atoms with Crippen LogP contribution in [-0.4, -0.2) is 67.6 Å². The SMILES string of the molecule is O=C(Cc1cncc(F)c1CC[C@H]1CNCCN1S(=O)(=O)C1CC1)CC1(c2ccc(Cl)cc2)CCOCC1. The summed E-state index contributed by atoms with van der Waals surface area (Å²) >= 11 is 6.11. The molecule has 0 bridgehead atoms. The van der Waals surface area contributed by atoms with Crippen LogP contribution in [0.5, 0.6) is 0 Å². The van der Waals surface area contributed by atoms with Crippen LogP contribution in [-0.2, 0) is 37.8 Å². The normalized spacial score (nSPS) is 22.3. The van der Waals surface area contributed by atoms with E-state index in [9.17, 15) is 13.2 Å². The zero-order valence-corrected chi connectivity index (χ0v) is 23.1. The van der Waals surface area contributed by atoms with Crippen molar-refractivity contribution in [3.63, 3.8) is 0 Å². The van der Waals surface area contributed by atoms with E-state index < -0.39 is 15.8 Å². The summed E-state index contributed by atoms with van der Waals surface area (Å²) in [4.78, 5) is 17.5. The molecule has 1 saturated carbocycles. The first kappa shape index (κ1) is 27.6. The summed E-state index contributed by atoms with van der Waals surface area (Å²) in [6, 6.07) is 7.42. The number of piperazine rings is 1. The van der Waals surface area contributed by atoms with E-state index in [1.807, 2.05) is 24.3 Å². The third kappa shape index (κ3) is 6.12. The summed E-state index contributed by atoms with van der Waals surface area (Å²) in [7, 11) is -3.32. The van der Waals surface area contributed by atoms with E-state index in [1.54, 1.807) is 10.5 Å². The Kier molecular flexibility index (Phi) is 8.50. The molecule has 2 saturated heterocycles. The quantitative estimate of drug-likeness (QED) is 0.473. The maximum Gasteiger partial charge on any atom is 0.217 e. The van der Waals surface area contributed by atoms with Gasteiger partial charge in [0.25, 0.3) is 0 Å². The molecule has 1 aromatic carbocycles. The van der Waals surface area contributed by atoms with Gasteiger partial charge < -0.3 is 10.1 Å². The number of benzene rings is 1. The van der Waals surface area contributed by atoms with E-state index in [4.69, 9.17) is 16.3 Å². The summed E-state index contributed by atoms with van der Waals surface area (Å²) in [5, 5.41) is 3.65. The molecule has 0 unspecified atom stereocenters. The number of rotatable bonds is 10. The Balaban J connectivity index is 1.30. The Morgan fingerprint density at radius 3 is 2.63 bits per heavy atom. The molecule has 10 heteroatoms. The highest BCUT2D eigenvalue weighted by Gasteiger charge is 2.43. The summed E-state index contributed by atoms with van der Waals surface area (Å²) in [5.41, 5.74) is 1.76. The molecule has 38 heavy (non-hydrogen) atoms. The summed E-state index contributed by atoms with van der Waals surface area (Å²) in [6.07, 6.45) is 6.88. The molecule has 1 N–H and O–H groups in total. The van der Waals surface area contributed by atoms with Crippen LogP contribution in [0.1, 0.15) is 55.2 Å². The molecule has 1 atom stereocenters. The molecule has 3 heterocycles. The minimum atomic E-state index is -3.32. The van der Waals surface area contributed by atoms with E-state index in [0.29, 0.717) is 81.1 Å². The first-order valence-electron chi connectivity index (χ1n) is 13.5. The molecule has 1 aromatic heterocycles. The van der Waals surface area contributed by atoms with Crippen molar-refractivity contribution in [1.29, 1.82) is 0 Å². The Morgan fingerprint density at radius 2 is 1.92 bits per heavy atom. The lowest BCUT2D eigenvalue weighted by molar-refractivity contribution is -0.120. The lowest BCUT2D eigenvalue weighted by Gasteiger charge is -2.37. The van der Waals surface area contributed by atoms with Gasteiger partial charge in [-0.25, -0.2) is 12.8 Å². The van der Waals surface area contributed by atoms with Crippen LogP contribution in [0.15, 0.2) is 36.7 Å². The zero-order chi connectivity index (χ0) is 26.8. The number of sulfonamides is 1. The van der Waals surface area contributed by atoms with Gasteiger partial charge in [0.05, 0.1) is 11.4 Å². The van der Waals surface area contributed by atoms with E-state index in [2.05, 4.69) is 10.3 Å². The summed E-state index contributed by atoms with van der Waals surface area (Å²) in [5.74, 6) is -0.429. The number of ether oxygens (including phenoxy) is 1. The number of carbonyl (C=O) groups excluding carboxylic acids is 1. The standard InChI is InChI=1S/C28H35ClFN3O4S/c29-22-3-1-21(2-4-22)28(9-13-37-14-10-28)16-24(34)15-20-17-32-19-27(30)26(20)8-5-23-18-31-11-12-33(23)38(35,36)25-6-7-25/h1-4,17,19,23,25,31H,5-16,18H2/t23-/m0/s1. The van der Waals surface area contributed by atoms with Gasteiger partial charge in [0.1, 0.15) is 11.6 Å². The molecule has 3 aliphatic rings. The minimum Gasteiger partial charge on any atom is -0.381 e. The van der Waals surface area contributed by atoms with Gasteiger partial charge in [-0.1, -0.05) is 23.7 Å². The molecule has 206 valence electrons. The number of hydrogen-bond donors (Lipinski definition) is 1. The monoisotopic (exact) mass is 563 g/mol. The zero-order valence-electron chi connectivity index (χ0n) is 21.5. The molecule has 1 aliphatic carbocycles. The molecule has 7 nitrogen and oxygen atoms in total. The van der Waals surface area contributed by atoms with Crippen LogP contribution in [0.2, 0.25) is 5.02 Å². The van der Waals surface area contributed by atoms with Crippen molar-refractivity contribution in [3.8, 4) is 0 Å². The molecule has 0 amide bonds. The molecule has 0 spiro atoms. The second kappa shape index (κ2) is 11.7. The minimum absolute atomic E-state index is 0.0211. The van der Waals surface area contributed by atoms with E-state index in [0.717, 1.165) is 18.4 Å². The first-order chi connectivity index (χ1) is 18.3. The van der Waals surface area contributed by atoms with Gasteiger partial charge in [-0.2, -0.15) is 4.31 Å². The van der Waals surface area contributed by atoms with Gasteiger partial charge in [-0.3, -0.25) is 9.78 Å². The van der Waals surface area contributed by atoms with Crippen molar-refractivity contribution >= 4 is 27.4 Å². The molecule has 2 aromatic rings.